The second-order valence-corrected chi connectivity index (χ2v) is 5.17. The third-order valence-corrected chi connectivity index (χ3v) is 3.84. The third-order valence-electron chi connectivity index (χ3n) is 3.84. The van der Waals surface area contributed by atoms with Gasteiger partial charge in [-0.05, 0) is 49.5 Å². The van der Waals surface area contributed by atoms with Gasteiger partial charge in [0.25, 0.3) is 5.91 Å². The van der Waals surface area contributed by atoms with Gasteiger partial charge in [0, 0.05) is 12.1 Å². The van der Waals surface area contributed by atoms with Crippen molar-refractivity contribution in [3.05, 3.63) is 29.8 Å². The van der Waals surface area contributed by atoms with Gasteiger partial charge >= 0.3 is 0 Å². The molecule has 1 aromatic carbocycles. The standard InChI is InChI=1S/C15H22N2O2/c1-11-6-7-16-9-13(11)10-17-15(18)12-4-3-5-14(8-12)19-2/h3-5,8,11,13,16H,6-7,9-10H2,1-2H3,(H,17,18). The quantitative estimate of drug-likeness (QED) is 0.868. The Labute approximate surface area is 114 Å². The average Bonchev–Trinajstić information content (AvgIpc) is 2.46. The summed E-state index contributed by atoms with van der Waals surface area (Å²) in [6.07, 6.45) is 1.18. The Bertz CT molecular complexity index is 434. The van der Waals surface area contributed by atoms with Gasteiger partial charge in [0.1, 0.15) is 5.75 Å². The number of benzene rings is 1. The van der Waals surface area contributed by atoms with E-state index in [4.69, 9.17) is 4.74 Å². The smallest absolute Gasteiger partial charge is 0.251 e. The van der Waals surface area contributed by atoms with Gasteiger partial charge < -0.3 is 15.4 Å². The van der Waals surface area contributed by atoms with Crippen LogP contribution in [0.4, 0.5) is 0 Å². The molecule has 0 radical (unpaired) electrons. The maximum atomic E-state index is 12.1. The Balaban J connectivity index is 1.89. The molecule has 1 saturated heterocycles. The zero-order valence-corrected chi connectivity index (χ0v) is 11.6. The molecule has 2 unspecified atom stereocenters. The van der Waals surface area contributed by atoms with Crippen LogP contribution in [-0.4, -0.2) is 32.7 Å². The van der Waals surface area contributed by atoms with Crippen LogP contribution in [0, 0.1) is 11.8 Å². The van der Waals surface area contributed by atoms with E-state index in [0.29, 0.717) is 23.1 Å². The number of nitrogens with one attached hydrogen (secondary N) is 2. The Morgan fingerprint density at radius 3 is 3.11 bits per heavy atom. The highest BCUT2D eigenvalue weighted by Crippen LogP contribution is 2.18. The predicted octanol–water partition coefficient (Wildman–Crippen LogP) is 1.67. The number of hydrogen-bond acceptors (Lipinski definition) is 3. The first-order valence-corrected chi connectivity index (χ1v) is 6.83. The number of ether oxygens (including phenoxy) is 1. The molecular weight excluding hydrogens is 240 g/mol. The van der Waals surface area contributed by atoms with Gasteiger partial charge in [0.2, 0.25) is 0 Å². The molecule has 0 saturated carbocycles. The Morgan fingerprint density at radius 2 is 2.37 bits per heavy atom. The van der Waals surface area contributed by atoms with E-state index in [9.17, 15) is 4.79 Å². The van der Waals surface area contributed by atoms with E-state index in [1.54, 1.807) is 19.2 Å². The van der Waals surface area contributed by atoms with Crippen molar-refractivity contribution in [1.29, 1.82) is 0 Å². The number of piperidine rings is 1. The molecule has 2 atom stereocenters. The highest BCUT2D eigenvalue weighted by molar-refractivity contribution is 5.94. The molecule has 1 heterocycles. The van der Waals surface area contributed by atoms with Crippen LogP contribution in [0.1, 0.15) is 23.7 Å². The number of carbonyl (C=O) groups excluding carboxylic acids is 1. The summed E-state index contributed by atoms with van der Waals surface area (Å²) in [4.78, 5) is 12.1. The molecule has 1 aliphatic rings. The SMILES string of the molecule is COc1cccc(C(=O)NCC2CNCCC2C)c1. The highest BCUT2D eigenvalue weighted by atomic mass is 16.5. The molecule has 0 spiro atoms. The van der Waals surface area contributed by atoms with Crippen molar-refractivity contribution in [1.82, 2.24) is 10.6 Å². The van der Waals surface area contributed by atoms with Crippen LogP contribution >= 0.6 is 0 Å². The van der Waals surface area contributed by atoms with Crippen molar-refractivity contribution in [2.75, 3.05) is 26.7 Å². The second kappa shape index (κ2) is 6.57. The largest absolute Gasteiger partial charge is 0.497 e. The van der Waals surface area contributed by atoms with Gasteiger partial charge in [-0.1, -0.05) is 13.0 Å². The van der Waals surface area contributed by atoms with Gasteiger partial charge in [-0.25, -0.2) is 0 Å². The third kappa shape index (κ3) is 3.70. The second-order valence-electron chi connectivity index (χ2n) is 5.17. The zero-order chi connectivity index (χ0) is 13.7. The normalized spacial score (nSPS) is 22.8. The Kier molecular flexibility index (Phi) is 4.80. The summed E-state index contributed by atoms with van der Waals surface area (Å²) in [5.74, 6) is 1.85. The van der Waals surface area contributed by atoms with Crippen molar-refractivity contribution in [3.8, 4) is 5.75 Å². The predicted molar refractivity (Wildman–Crippen MR) is 75.5 cm³/mol. The molecule has 19 heavy (non-hydrogen) atoms. The number of hydrogen-bond donors (Lipinski definition) is 2. The first-order chi connectivity index (χ1) is 9.20. The number of amides is 1. The average molecular weight is 262 g/mol. The fraction of sp³-hybridized carbons (Fsp3) is 0.533. The molecule has 4 nitrogen and oxygen atoms in total. The summed E-state index contributed by atoms with van der Waals surface area (Å²) in [5, 5.41) is 6.39. The van der Waals surface area contributed by atoms with Crippen LogP contribution in [0.25, 0.3) is 0 Å². The minimum Gasteiger partial charge on any atom is -0.497 e. The summed E-state index contributed by atoms with van der Waals surface area (Å²) >= 11 is 0. The molecule has 0 bridgehead atoms. The summed E-state index contributed by atoms with van der Waals surface area (Å²) in [7, 11) is 1.60. The number of rotatable bonds is 4. The minimum atomic E-state index is -0.0309. The lowest BCUT2D eigenvalue weighted by Crippen LogP contribution is -2.42. The first kappa shape index (κ1) is 13.9. The fourth-order valence-electron chi connectivity index (χ4n) is 2.42. The lowest BCUT2D eigenvalue weighted by atomic mass is 9.88. The lowest BCUT2D eigenvalue weighted by molar-refractivity contribution is 0.0938. The van der Waals surface area contributed by atoms with Crippen molar-refractivity contribution in [3.63, 3.8) is 0 Å². The van der Waals surface area contributed by atoms with Gasteiger partial charge in [-0.3, -0.25) is 4.79 Å². The fourth-order valence-corrected chi connectivity index (χ4v) is 2.42. The van der Waals surface area contributed by atoms with Crippen LogP contribution in [-0.2, 0) is 0 Å². The summed E-state index contributed by atoms with van der Waals surface area (Å²) in [6.45, 7) is 5.05. The van der Waals surface area contributed by atoms with E-state index in [1.165, 1.54) is 6.42 Å². The molecule has 1 fully saturated rings. The maximum Gasteiger partial charge on any atom is 0.251 e. The van der Waals surface area contributed by atoms with E-state index >= 15 is 0 Å². The van der Waals surface area contributed by atoms with E-state index in [0.717, 1.165) is 19.6 Å². The Morgan fingerprint density at radius 1 is 1.53 bits per heavy atom. The summed E-state index contributed by atoms with van der Waals surface area (Å²) < 4.78 is 5.13. The lowest BCUT2D eigenvalue weighted by Gasteiger charge is -2.29. The van der Waals surface area contributed by atoms with Crippen molar-refractivity contribution in [2.24, 2.45) is 11.8 Å². The van der Waals surface area contributed by atoms with E-state index in [1.807, 2.05) is 12.1 Å². The summed E-state index contributed by atoms with van der Waals surface area (Å²) in [5.41, 5.74) is 0.649. The molecule has 1 aromatic rings. The van der Waals surface area contributed by atoms with Crippen LogP contribution < -0.4 is 15.4 Å². The monoisotopic (exact) mass is 262 g/mol. The molecule has 104 valence electrons. The van der Waals surface area contributed by atoms with Crippen LogP contribution in [0.5, 0.6) is 5.75 Å². The zero-order valence-electron chi connectivity index (χ0n) is 11.6. The molecule has 0 aromatic heterocycles. The minimum absolute atomic E-state index is 0.0309. The van der Waals surface area contributed by atoms with Crippen LogP contribution in [0.3, 0.4) is 0 Å². The topological polar surface area (TPSA) is 50.4 Å². The van der Waals surface area contributed by atoms with Gasteiger partial charge in [0.05, 0.1) is 7.11 Å². The van der Waals surface area contributed by atoms with Gasteiger partial charge in [0.15, 0.2) is 0 Å². The molecule has 4 heteroatoms. The molecular formula is C15H22N2O2. The molecule has 2 N–H and O–H groups in total. The van der Waals surface area contributed by atoms with E-state index in [-0.39, 0.29) is 5.91 Å². The summed E-state index contributed by atoms with van der Waals surface area (Å²) in [6, 6.07) is 7.24. The first-order valence-electron chi connectivity index (χ1n) is 6.83. The number of methoxy groups -OCH3 is 1. The van der Waals surface area contributed by atoms with Crippen molar-refractivity contribution < 1.29 is 9.53 Å². The molecule has 2 rings (SSSR count). The van der Waals surface area contributed by atoms with Crippen LogP contribution in [0.15, 0.2) is 24.3 Å². The van der Waals surface area contributed by atoms with Crippen molar-refractivity contribution in [2.45, 2.75) is 13.3 Å². The van der Waals surface area contributed by atoms with Crippen LogP contribution in [0.2, 0.25) is 0 Å². The maximum absolute atomic E-state index is 12.1. The van der Waals surface area contributed by atoms with E-state index in [2.05, 4.69) is 17.6 Å². The van der Waals surface area contributed by atoms with Gasteiger partial charge in [-0.2, -0.15) is 0 Å². The van der Waals surface area contributed by atoms with Gasteiger partial charge in [-0.15, -0.1) is 0 Å². The molecule has 1 aliphatic heterocycles. The highest BCUT2D eigenvalue weighted by Gasteiger charge is 2.21. The molecule has 1 amide bonds. The molecule has 0 aliphatic carbocycles. The van der Waals surface area contributed by atoms with Crippen molar-refractivity contribution >= 4 is 5.91 Å². The number of carbonyl (C=O) groups is 1. The Hall–Kier alpha value is -1.55. The van der Waals surface area contributed by atoms with E-state index < -0.39 is 0 Å².